The van der Waals surface area contributed by atoms with Gasteiger partial charge in [-0.25, -0.2) is 19.2 Å². The molecule has 2 unspecified atom stereocenters. The molecule has 0 aromatic heterocycles. The van der Waals surface area contributed by atoms with E-state index in [1.807, 2.05) is 0 Å². The fourth-order valence-corrected chi connectivity index (χ4v) is 2.74. The molecule has 0 aromatic rings. The van der Waals surface area contributed by atoms with E-state index in [1.54, 1.807) is 20.8 Å². The zero-order chi connectivity index (χ0) is 22.2. The Bertz CT molecular complexity index is 585. The largest absolute Gasteiger partial charge is 0.480 e. The standard InChI is InChI=1S/C11H20N2O4.C6H10N2O4/c1-11(2,3)17-10(15)13-6-5-12-7-8(13)9(14)16-4;9-5(10)4-3-7-1-2-8(4)6(11)12/h8,12H,5-7H2,1-4H3;4,7H,1-3H2,(H,9,10)(H,11,12). The van der Waals surface area contributed by atoms with Crippen LogP contribution in [0, 0.1) is 0 Å². The number of nitrogens with zero attached hydrogens (tertiary/aromatic N) is 2. The van der Waals surface area contributed by atoms with E-state index in [4.69, 9.17) is 14.9 Å². The van der Waals surface area contributed by atoms with Crippen molar-refractivity contribution >= 4 is 24.1 Å². The third kappa shape index (κ3) is 7.74. The summed E-state index contributed by atoms with van der Waals surface area (Å²) in [6, 6.07) is -1.56. The quantitative estimate of drug-likeness (QED) is 0.426. The van der Waals surface area contributed by atoms with Gasteiger partial charge in [-0.3, -0.25) is 9.80 Å². The molecule has 2 aliphatic rings. The van der Waals surface area contributed by atoms with Crippen molar-refractivity contribution in [2.75, 3.05) is 46.4 Å². The number of piperazine rings is 2. The second kappa shape index (κ2) is 10.8. The molecule has 0 aromatic carbocycles. The Balaban J connectivity index is 0.000000308. The summed E-state index contributed by atoms with van der Waals surface area (Å²) in [4.78, 5) is 46.8. The van der Waals surface area contributed by atoms with Crippen LogP contribution in [-0.2, 0) is 19.1 Å². The molecule has 0 saturated carbocycles. The van der Waals surface area contributed by atoms with Gasteiger partial charge in [0.2, 0.25) is 0 Å². The van der Waals surface area contributed by atoms with Gasteiger partial charge in [0.15, 0.2) is 0 Å². The highest BCUT2D eigenvalue weighted by molar-refractivity contribution is 5.82. The smallest absolute Gasteiger partial charge is 0.411 e. The molecule has 2 saturated heterocycles. The van der Waals surface area contributed by atoms with Gasteiger partial charge in [-0.15, -0.1) is 0 Å². The van der Waals surface area contributed by atoms with Crippen LogP contribution in [0.2, 0.25) is 0 Å². The maximum absolute atomic E-state index is 11.9. The van der Waals surface area contributed by atoms with Crippen molar-refractivity contribution in [1.82, 2.24) is 20.4 Å². The third-order valence-corrected chi connectivity index (χ3v) is 4.12. The number of aliphatic carboxylic acids is 1. The van der Waals surface area contributed by atoms with Crippen molar-refractivity contribution in [2.45, 2.75) is 38.5 Å². The number of amides is 2. The first kappa shape index (κ1) is 24.4. The molecule has 12 nitrogen and oxygen atoms in total. The summed E-state index contributed by atoms with van der Waals surface area (Å²) < 4.78 is 9.93. The molecule has 4 N–H and O–H groups in total. The maximum Gasteiger partial charge on any atom is 0.411 e. The Morgan fingerprint density at radius 1 is 0.931 bits per heavy atom. The van der Waals surface area contributed by atoms with Gasteiger partial charge in [0.05, 0.1) is 7.11 Å². The number of carbonyl (C=O) groups excluding carboxylic acids is 2. The van der Waals surface area contributed by atoms with Gasteiger partial charge in [0.1, 0.15) is 17.7 Å². The monoisotopic (exact) mass is 418 g/mol. The van der Waals surface area contributed by atoms with E-state index in [-0.39, 0.29) is 13.1 Å². The topological polar surface area (TPSA) is 158 Å². The lowest BCUT2D eigenvalue weighted by atomic mass is 10.2. The highest BCUT2D eigenvalue weighted by atomic mass is 16.6. The molecule has 2 fully saturated rings. The summed E-state index contributed by atoms with van der Waals surface area (Å²) in [7, 11) is 1.31. The molecule has 0 bridgehead atoms. The van der Waals surface area contributed by atoms with Gasteiger partial charge in [0, 0.05) is 39.3 Å². The SMILES string of the molecule is COC(=O)C1CNCCN1C(=O)OC(C)(C)C.O=C(O)C1CNCCN1C(=O)O. The van der Waals surface area contributed by atoms with E-state index in [0.29, 0.717) is 26.2 Å². The predicted molar refractivity (Wildman–Crippen MR) is 101 cm³/mol. The average Bonchev–Trinajstić information content (AvgIpc) is 2.66. The molecule has 2 atom stereocenters. The molecule has 2 heterocycles. The Morgan fingerprint density at radius 3 is 1.86 bits per heavy atom. The van der Waals surface area contributed by atoms with Gasteiger partial charge in [0.25, 0.3) is 0 Å². The summed E-state index contributed by atoms with van der Waals surface area (Å²) in [5.41, 5.74) is -0.567. The molecule has 29 heavy (non-hydrogen) atoms. The van der Waals surface area contributed by atoms with Crippen LogP contribution in [0.5, 0.6) is 0 Å². The lowest BCUT2D eigenvalue weighted by Gasteiger charge is -2.35. The van der Waals surface area contributed by atoms with Gasteiger partial charge in [-0.2, -0.15) is 0 Å². The van der Waals surface area contributed by atoms with Crippen molar-refractivity contribution in [3.05, 3.63) is 0 Å². The summed E-state index contributed by atoms with van der Waals surface area (Å²) in [5.74, 6) is -1.53. The summed E-state index contributed by atoms with van der Waals surface area (Å²) >= 11 is 0. The normalized spacial score (nSPS) is 22.1. The first-order valence-corrected chi connectivity index (χ1v) is 9.19. The van der Waals surface area contributed by atoms with Crippen LogP contribution < -0.4 is 10.6 Å². The zero-order valence-electron chi connectivity index (χ0n) is 17.1. The number of esters is 1. The number of methoxy groups -OCH3 is 1. The van der Waals surface area contributed by atoms with Crippen LogP contribution in [0.3, 0.4) is 0 Å². The molecule has 2 rings (SSSR count). The van der Waals surface area contributed by atoms with Crippen LogP contribution in [0.15, 0.2) is 0 Å². The minimum absolute atomic E-state index is 0.182. The summed E-state index contributed by atoms with van der Waals surface area (Å²) in [6.45, 7) is 7.78. The van der Waals surface area contributed by atoms with Crippen LogP contribution in [0.25, 0.3) is 0 Å². The number of carboxylic acid groups (broad SMARTS) is 2. The van der Waals surface area contributed by atoms with Gasteiger partial charge >= 0.3 is 24.1 Å². The first-order valence-electron chi connectivity index (χ1n) is 9.19. The molecule has 0 radical (unpaired) electrons. The number of hydrogen-bond donors (Lipinski definition) is 4. The van der Waals surface area contributed by atoms with E-state index in [9.17, 15) is 19.2 Å². The third-order valence-electron chi connectivity index (χ3n) is 4.12. The maximum atomic E-state index is 11.9. The molecule has 166 valence electrons. The van der Waals surface area contributed by atoms with Crippen molar-refractivity contribution in [2.24, 2.45) is 0 Å². The average molecular weight is 418 g/mol. The van der Waals surface area contributed by atoms with E-state index in [1.165, 1.54) is 12.0 Å². The lowest BCUT2D eigenvalue weighted by molar-refractivity contribution is -0.147. The number of hydrogen-bond acceptors (Lipinski definition) is 8. The van der Waals surface area contributed by atoms with Gasteiger partial charge < -0.3 is 30.3 Å². The van der Waals surface area contributed by atoms with Crippen LogP contribution in [-0.4, -0.2) is 108 Å². The molecular weight excluding hydrogens is 388 g/mol. The van der Waals surface area contributed by atoms with Crippen LogP contribution >= 0.6 is 0 Å². The van der Waals surface area contributed by atoms with Crippen LogP contribution in [0.1, 0.15) is 20.8 Å². The summed E-state index contributed by atoms with van der Waals surface area (Å²) in [5, 5.41) is 23.1. The molecule has 0 spiro atoms. The van der Waals surface area contributed by atoms with Crippen LogP contribution in [0.4, 0.5) is 9.59 Å². The predicted octanol–water partition coefficient (Wildman–Crippen LogP) is -0.609. The fraction of sp³-hybridized carbons (Fsp3) is 0.765. The second-order valence-corrected chi connectivity index (χ2v) is 7.45. The zero-order valence-corrected chi connectivity index (χ0v) is 17.1. The Morgan fingerprint density at radius 2 is 1.45 bits per heavy atom. The molecule has 2 aliphatic heterocycles. The highest BCUT2D eigenvalue weighted by Crippen LogP contribution is 2.13. The Kier molecular flexibility index (Phi) is 9.11. The number of rotatable bonds is 2. The molecule has 2 amide bonds. The van der Waals surface area contributed by atoms with Crippen molar-refractivity contribution in [3.63, 3.8) is 0 Å². The van der Waals surface area contributed by atoms with Crippen molar-refractivity contribution < 1.29 is 38.9 Å². The van der Waals surface area contributed by atoms with E-state index < -0.39 is 41.8 Å². The van der Waals surface area contributed by atoms with Gasteiger partial charge in [-0.1, -0.05) is 0 Å². The first-order chi connectivity index (χ1) is 13.5. The second-order valence-electron chi connectivity index (χ2n) is 7.45. The molecule has 0 aliphatic carbocycles. The van der Waals surface area contributed by atoms with Crippen molar-refractivity contribution in [1.29, 1.82) is 0 Å². The number of nitrogens with one attached hydrogen (secondary N) is 2. The summed E-state index contributed by atoms with van der Waals surface area (Å²) in [6.07, 6.45) is -1.65. The van der Waals surface area contributed by atoms with E-state index in [2.05, 4.69) is 15.4 Å². The Hall–Kier alpha value is -2.60. The van der Waals surface area contributed by atoms with E-state index >= 15 is 0 Å². The van der Waals surface area contributed by atoms with E-state index in [0.717, 1.165) is 4.90 Å². The molecule has 12 heteroatoms. The van der Waals surface area contributed by atoms with Crippen molar-refractivity contribution in [3.8, 4) is 0 Å². The number of carbonyl (C=O) groups is 4. The molecular formula is C17H30N4O8. The Labute approximate surface area is 169 Å². The number of ether oxygens (including phenoxy) is 2. The number of carboxylic acids is 1. The highest BCUT2D eigenvalue weighted by Gasteiger charge is 2.35. The minimum atomic E-state index is -1.18. The van der Waals surface area contributed by atoms with Gasteiger partial charge in [-0.05, 0) is 20.8 Å². The lowest BCUT2D eigenvalue weighted by Crippen LogP contribution is -2.58. The minimum Gasteiger partial charge on any atom is -0.480 e. The fourth-order valence-electron chi connectivity index (χ4n) is 2.74.